The lowest BCUT2D eigenvalue weighted by atomic mass is 9.72. The van der Waals surface area contributed by atoms with Gasteiger partial charge >= 0.3 is 0 Å². The number of rotatable bonds is 8. The van der Waals surface area contributed by atoms with Crippen molar-refractivity contribution < 1.29 is 4.79 Å². The predicted octanol–water partition coefficient (Wildman–Crippen LogP) is 5.56. The third-order valence-corrected chi connectivity index (χ3v) is 4.36. The molecule has 0 aromatic heterocycles. The summed E-state index contributed by atoms with van der Waals surface area (Å²) in [7, 11) is 0. The second kappa shape index (κ2) is 7.83. The van der Waals surface area contributed by atoms with Crippen LogP contribution in [-0.4, -0.2) is 5.24 Å². The van der Waals surface area contributed by atoms with E-state index in [2.05, 4.69) is 27.7 Å². The Labute approximate surface area is 128 Å². The maximum atomic E-state index is 12.3. The first-order valence-electron chi connectivity index (χ1n) is 7.64. The second-order valence-corrected chi connectivity index (χ2v) is 6.93. The van der Waals surface area contributed by atoms with Crippen LogP contribution in [0.3, 0.4) is 0 Å². The highest BCUT2D eigenvalue weighted by atomic mass is 35.5. The Morgan fingerprint density at radius 1 is 1.00 bits per heavy atom. The quantitative estimate of drug-likeness (QED) is 0.573. The number of carbonyl (C=O) groups is 1. The van der Waals surface area contributed by atoms with Crippen LogP contribution in [0.2, 0.25) is 0 Å². The average molecular weight is 295 g/mol. The van der Waals surface area contributed by atoms with Gasteiger partial charge < -0.3 is 0 Å². The van der Waals surface area contributed by atoms with E-state index in [9.17, 15) is 4.79 Å². The van der Waals surface area contributed by atoms with E-state index in [0.29, 0.717) is 11.8 Å². The molecule has 2 heteroatoms. The van der Waals surface area contributed by atoms with Crippen molar-refractivity contribution in [3.8, 4) is 0 Å². The van der Waals surface area contributed by atoms with Crippen LogP contribution < -0.4 is 0 Å². The molecule has 1 aromatic carbocycles. The standard InChI is InChI=1S/C18H27ClO/c1-14(2)10-12-18(17(19)20,13-11-15(3)4)16-8-6-5-7-9-16/h5-9,14-15H,10-13H2,1-4H3. The van der Waals surface area contributed by atoms with Crippen molar-refractivity contribution in [2.45, 2.75) is 58.8 Å². The predicted molar refractivity (Wildman–Crippen MR) is 87.1 cm³/mol. The van der Waals surface area contributed by atoms with Gasteiger partial charge in [-0.2, -0.15) is 0 Å². The van der Waals surface area contributed by atoms with Gasteiger partial charge in [0.2, 0.25) is 5.24 Å². The van der Waals surface area contributed by atoms with Gasteiger partial charge in [0.1, 0.15) is 0 Å². The molecule has 0 saturated carbocycles. The van der Waals surface area contributed by atoms with Gasteiger partial charge in [0, 0.05) is 0 Å². The molecule has 0 amide bonds. The molecule has 0 bridgehead atoms. The lowest BCUT2D eigenvalue weighted by Crippen LogP contribution is -2.34. The van der Waals surface area contributed by atoms with E-state index >= 15 is 0 Å². The molecule has 0 fully saturated rings. The Hall–Kier alpha value is -0.820. The van der Waals surface area contributed by atoms with Crippen LogP contribution >= 0.6 is 11.6 Å². The number of benzene rings is 1. The van der Waals surface area contributed by atoms with Gasteiger partial charge in [-0.05, 0) is 54.7 Å². The first-order valence-corrected chi connectivity index (χ1v) is 8.01. The minimum Gasteiger partial charge on any atom is -0.280 e. The van der Waals surface area contributed by atoms with Gasteiger partial charge in [0.25, 0.3) is 0 Å². The lowest BCUT2D eigenvalue weighted by molar-refractivity contribution is -0.117. The van der Waals surface area contributed by atoms with Crippen LogP contribution in [0.5, 0.6) is 0 Å². The summed E-state index contributed by atoms with van der Waals surface area (Å²) in [6, 6.07) is 10.1. The largest absolute Gasteiger partial charge is 0.280 e. The molecule has 0 aliphatic rings. The summed E-state index contributed by atoms with van der Waals surface area (Å²) in [6.07, 6.45) is 3.71. The van der Waals surface area contributed by atoms with Crippen LogP contribution in [-0.2, 0) is 10.2 Å². The zero-order valence-corrected chi connectivity index (χ0v) is 13.9. The smallest absolute Gasteiger partial charge is 0.232 e. The fourth-order valence-corrected chi connectivity index (χ4v) is 2.85. The molecule has 1 nitrogen and oxygen atoms in total. The van der Waals surface area contributed by atoms with Gasteiger partial charge in [0.15, 0.2) is 0 Å². The van der Waals surface area contributed by atoms with E-state index in [-0.39, 0.29) is 5.24 Å². The maximum absolute atomic E-state index is 12.3. The summed E-state index contributed by atoms with van der Waals surface area (Å²) in [6.45, 7) is 8.77. The topological polar surface area (TPSA) is 17.1 Å². The van der Waals surface area contributed by atoms with E-state index in [1.165, 1.54) is 0 Å². The molecule has 0 aliphatic carbocycles. The first kappa shape index (κ1) is 17.2. The van der Waals surface area contributed by atoms with Crippen molar-refractivity contribution in [2.75, 3.05) is 0 Å². The van der Waals surface area contributed by atoms with Gasteiger partial charge in [0.05, 0.1) is 5.41 Å². The zero-order valence-electron chi connectivity index (χ0n) is 13.2. The molecule has 0 heterocycles. The number of halogens is 1. The highest BCUT2D eigenvalue weighted by molar-refractivity contribution is 6.65. The summed E-state index contributed by atoms with van der Waals surface area (Å²) in [5.74, 6) is 1.15. The molecule has 0 unspecified atom stereocenters. The highest BCUT2D eigenvalue weighted by Gasteiger charge is 2.38. The van der Waals surface area contributed by atoms with Crippen LogP contribution in [0.15, 0.2) is 30.3 Å². The van der Waals surface area contributed by atoms with Gasteiger partial charge in [-0.1, -0.05) is 58.0 Å². The highest BCUT2D eigenvalue weighted by Crippen LogP contribution is 2.38. The van der Waals surface area contributed by atoms with Crippen LogP contribution in [0, 0.1) is 11.8 Å². The molecule has 20 heavy (non-hydrogen) atoms. The molecule has 0 aliphatic heterocycles. The third kappa shape index (κ3) is 4.63. The normalized spacial score (nSPS) is 12.2. The van der Waals surface area contributed by atoms with E-state index in [4.69, 9.17) is 11.6 Å². The molecule has 0 N–H and O–H groups in total. The summed E-state index contributed by atoms with van der Waals surface area (Å²) in [5, 5.41) is -0.204. The molecule has 1 aromatic rings. The SMILES string of the molecule is CC(C)CCC(CCC(C)C)(C(=O)Cl)c1ccccc1. The summed E-state index contributed by atoms with van der Waals surface area (Å²) < 4.78 is 0. The number of hydrogen-bond donors (Lipinski definition) is 0. The third-order valence-electron chi connectivity index (χ3n) is 4.00. The number of carbonyl (C=O) groups excluding carboxylic acids is 1. The molecular formula is C18H27ClO. The van der Waals surface area contributed by atoms with Gasteiger partial charge in [-0.25, -0.2) is 0 Å². The summed E-state index contributed by atoms with van der Waals surface area (Å²) >= 11 is 6.06. The Bertz CT molecular complexity index is 397. The molecule has 0 spiro atoms. The van der Waals surface area contributed by atoms with E-state index in [1.807, 2.05) is 30.3 Å². The van der Waals surface area contributed by atoms with Crippen molar-refractivity contribution in [3.63, 3.8) is 0 Å². The first-order chi connectivity index (χ1) is 9.38. The fraction of sp³-hybridized carbons (Fsp3) is 0.611. The van der Waals surface area contributed by atoms with Gasteiger partial charge in [-0.3, -0.25) is 4.79 Å². The Morgan fingerprint density at radius 2 is 1.45 bits per heavy atom. The van der Waals surface area contributed by atoms with Crippen molar-refractivity contribution in [1.82, 2.24) is 0 Å². The van der Waals surface area contributed by atoms with Crippen molar-refractivity contribution in [1.29, 1.82) is 0 Å². The molecule has 0 atom stereocenters. The van der Waals surface area contributed by atoms with E-state index < -0.39 is 5.41 Å². The number of hydrogen-bond acceptors (Lipinski definition) is 1. The molecular weight excluding hydrogens is 268 g/mol. The minimum absolute atomic E-state index is 0.204. The van der Waals surface area contributed by atoms with Crippen LogP contribution in [0.4, 0.5) is 0 Å². The fourth-order valence-electron chi connectivity index (χ4n) is 2.55. The van der Waals surface area contributed by atoms with Crippen molar-refractivity contribution in [3.05, 3.63) is 35.9 Å². The summed E-state index contributed by atoms with van der Waals surface area (Å²) in [5.41, 5.74) is 0.554. The molecule has 0 radical (unpaired) electrons. The Kier molecular flexibility index (Phi) is 6.75. The summed E-state index contributed by atoms with van der Waals surface area (Å²) in [4.78, 5) is 12.3. The second-order valence-electron chi connectivity index (χ2n) is 6.59. The van der Waals surface area contributed by atoms with Crippen molar-refractivity contribution >= 4 is 16.8 Å². The molecule has 112 valence electrons. The van der Waals surface area contributed by atoms with E-state index in [0.717, 1.165) is 31.2 Å². The van der Waals surface area contributed by atoms with Crippen LogP contribution in [0.1, 0.15) is 58.9 Å². The lowest BCUT2D eigenvalue weighted by Gasteiger charge is -2.32. The minimum atomic E-state index is -0.517. The maximum Gasteiger partial charge on any atom is 0.232 e. The molecule has 1 rings (SSSR count). The Balaban J connectivity index is 3.09. The monoisotopic (exact) mass is 294 g/mol. The Morgan fingerprint density at radius 3 is 1.80 bits per heavy atom. The molecule has 0 saturated heterocycles. The average Bonchev–Trinajstić information content (AvgIpc) is 2.39. The van der Waals surface area contributed by atoms with E-state index in [1.54, 1.807) is 0 Å². The van der Waals surface area contributed by atoms with Crippen LogP contribution in [0.25, 0.3) is 0 Å². The van der Waals surface area contributed by atoms with Gasteiger partial charge in [-0.15, -0.1) is 0 Å². The zero-order chi connectivity index (χ0) is 15.2. The van der Waals surface area contributed by atoms with Crippen molar-refractivity contribution in [2.24, 2.45) is 11.8 Å².